The summed E-state index contributed by atoms with van der Waals surface area (Å²) in [6, 6.07) is 9.72. The third kappa shape index (κ3) is 13.3. The highest BCUT2D eigenvalue weighted by Gasteiger charge is 2.25. The van der Waals surface area contributed by atoms with Crippen LogP contribution in [0.25, 0.3) is 0 Å². The molecule has 30 heavy (non-hydrogen) atoms. The Labute approximate surface area is 181 Å². The lowest BCUT2D eigenvalue weighted by molar-refractivity contribution is -0.147. The zero-order chi connectivity index (χ0) is 22.6. The van der Waals surface area contributed by atoms with E-state index < -0.39 is 31.8 Å². The van der Waals surface area contributed by atoms with Crippen molar-refractivity contribution in [1.29, 1.82) is 0 Å². The summed E-state index contributed by atoms with van der Waals surface area (Å²) >= 11 is 0. The first-order valence-corrected chi connectivity index (χ1v) is 14.2. The second kappa shape index (κ2) is 12.7. The lowest BCUT2D eigenvalue weighted by Crippen LogP contribution is -2.44. The summed E-state index contributed by atoms with van der Waals surface area (Å²) in [5.74, 6) is -0.482. The summed E-state index contributed by atoms with van der Waals surface area (Å²) in [6.45, 7) is 13.6. The molecule has 7 nitrogen and oxygen atoms in total. The maximum atomic E-state index is 12.6. The van der Waals surface area contributed by atoms with Gasteiger partial charge in [-0.25, -0.2) is 15.1 Å². The summed E-state index contributed by atoms with van der Waals surface area (Å²) in [6.07, 6.45) is 0.411. The van der Waals surface area contributed by atoms with E-state index in [-0.39, 0.29) is 6.61 Å². The third-order valence-corrected chi connectivity index (χ3v) is 5.73. The van der Waals surface area contributed by atoms with Crippen LogP contribution in [0.5, 0.6) is 0 Å². The molecule has 1 aromatic carbocycles. The van der Waals surface area contributed by atoms with Crippen molar-refractivity contribution in [1.82, 2.24) is 10.8 Å². The van der Waals surface area contributed by atoms with Crippen LogP contribution >= 0.6 is 0 Å². The number of benzene rings is 1. The zero-order valence-corrected chi connectivity index (χ0v) is 20.2. The zero-order valence-electron chi connectivity index (χ0n) is 19.2. The first-order valence-electron chi connectivity index (χ1n) is 10.5. The lowest BCUT2D eigenvalue weighted by Gasteiger charge is -2.23. The van der Waals surface area contributed by atoms with Gasteiger partial charge in [0, 0.05) is 14.6 Å². The van der Waals surface area contributed by atoms with Crippen molar-refractivity contribution in [3.05, 3.63) is 35.9 Å². The number of hydroxylamine groups is 1. The molecule has 8 heteroatoms. The number of esters is 1. The minimum absolute atomic E-state index is 0.157. The highest BCUT2D eigenvalue weighted by atomic mass is 28.3. The lowest BCUT2D eigenvalue weighted by atomic mass is 10.1. The van der Waals surface area contributed by atoms with Crippen LogP contribution in [0, 0.1) is 0 Å². The standard InChI is InChI=1S/C22H38N2O5Si/c1-22(2,3)29-21(26)24-19(13-10-14-23-28-15-16-30(4,5)6)20(25)27-17-18-11-8-7-9-12-18/h7-9,11-12,19,23H,10,13-17H2,1-6H3,(H,24,26)/t19-/m0/s1. The van der Waals surface area contributed by atoms with Gasteiger partial charge in [0.1, 0.15) is 18.2 Å². The maximum absolute atomic E-state index is 12.6. The minimum atomic E-state index is -1.12. The summed E-state index contributed by atoms with van der Waals surface area (Å²) < 4.78 is 10.7. The minimum Gasteiger partial charge on any atom is -0.459 e. The number of carbonyl (C=O) groups excluding carboxylic acids is 2. The van der Waals surface area contributed by atoms with Gasteiger partial charge >= 0.3 is 12.1 Å². The average molecular weight is 439 g/mol. The molecule has 0 heterocycles. The number of nitrogens with one attached hydrogen (secondary N) is 2. The Kier molecular flexibility index (Phi) is 11.1. The molecule has 0 fully saturated rings. The van der Waals surface area contributed by atoms with E-state index in [1.54, 1.807) is 20.8 Å². The molecule has 1 amide bonds. The number of hydrogen-bond acceptors (Lipinski definition) is 6. The Hall–Kier alpha value is -1.90. The van der Waals surface area contributed by atoms with Crippen molar-refractivity contribution < 1.29 is 23.9 Å². The Bertz CT molecular complexity index is 641. The van der Waals surface area contributed by atoms with Crippen molar-refractivity contribution >= 4 is 20.1 Å². The van der Waals surface area contributed by atoms with Crippen LogP contribution in [-0.2, 0) is 25.7 Å². The van der Waals surface area contributed by atoms with Gasteiger partial charge in [0.05, 0.1) is 6.61 Å². The van der Waals surface area contributed by atoms with Crippen LogP contribution in [0.15, 0.2) is 30.3 Å². The van der Waals surface area contributed by atoms with Crippen molar-refractivity contribution in [2.75, 3.05) is 13.2 Å². The van der Waals surface area contributed by atoms with E-state index in [2.05, 4.69) is 30.4 Å². The van der Waals surface area contributed by atoms with Crippen molar-refractivity contribution in [3.8, 4) is 0 Å². The fourth-order valence-electron chi connectivity index (χ4n) is 2.41. The molecule has 0 radical (unpaired) electrons. The molecule has 0 saturated heterocycles. The number of carbonyl (C=O) groups is 2. The number of hydrogen-bond donors (Lipinski definition) is 2. The normalized spacial score (nSPS) is 12.9. The first-order chi connectivity index (χ1) is 14.0. The Morgan fingerprint density at radius 3 is 2.37 bits per heavy atom. The SMILES string of the molecule is CC(C)(C)OC(=O)N[C@@H](CCCNOCC[Si](C)(C)C)C(=O)OCc1ccccc1. The van der Waals surface area contributed by atoms with Gasteiger partial charge in [0.15, 0.2) is 0 Å². The van der Waals surface area contributed by atoms with Crippen LogP contribution in [0.3, 0.4) is 0 Å². The molecular weight excluding hydrogens is 400 g/mol. The summed E-state index contributed by atoms with van der Waals surface area (Å²) in [4.78, 5) is 30.2. The van der Waals surface area contributed by atoms with Crippen LogP contribution < -0.4 is 10.8 Å². The molecule has 0 aliphatic carbocycles. The molecule has 1 aromatic rings. The first kappa shape index (κ1) is 26.1. The van der Waals surface area contributed by atoms with Gasteiger partial charge in [-0.1, -0.05) is 50.0 Å². The number of ether oxygens (including phenoxy) is 2. The summed E-state index contributed by atoms with van der Waals surface area (Å²) in [5, 5.41) is 2.63. The monoisotopic (exact) mass is 438 g/mol. The van der Waals surface area contributed by atoms with Crippen LogP contribution in [0.2, 0.25) is 25.7 Å². The molecule has 1 atom stereocenters. The highest BCUT2D eigenvalue weighted by molar-refractivity contribution is 6.76. The van der Waals surface area contributed by atoms with Gasteiger partial charge in [0.2, 0.25) is 0 Å². The average Bonchev–Trinajstić information content (AvgIpc) is 2.62. The van der Waals surface area contributed by atoms with Crippen LogP contribution in [-0.4, -0.2) is 44.9 Å². The van der Waals surface area contributed by atoms with Crippen molar-refractivity contribution in [3.63, 3.8) is 0 Å². The molecule has 0 saturated carbocycles. The predicted molar refractivity (Wildman–Crippen MR) is 121 cm³/mol. The number of amides is 1. The van der Waals surface area contributed by atoms with E-state index in [9.17, 15) is 9.59 Å². The second-order valence-electron chi connectivity index (χ2n) is 9.49. The van der Waals surface area contributed by atoms with Crippen molar-refractivity contribution in [2.24, 2.45) is 0 Å². The second-order valence-corrected chi connectivity index (χ2v) is 15.1. The van der Waals surface area contributed by atoms with Gasteiger partial charge in [-0.15, -0.1) is 0 Å². The molecule has 0 spiro atoms. The molecule has 1 rings (SSSR count). The van der Waals surface area contributed by atoms with Gasteiger partial charge in [-0.2, -0.15) is 0 Å². The van der Waals surface area contributed by atoms with E-state index in [0.29, 0.717) is 26.0 Å². The Morgan fingerprint density at radius 1 is 1.10 bits per heavy atom. The molecule has 0 unspecified atom stereocenters. The summed E-state index contributed by atoms with van der Waals surface area (Å²) in [7, 11) is -1.12. The van der Waals surface area contributed by atoms with Gasteiger partial charge in [-0.05, 0) is 45.2 Å². The van der Waals surface area contributed by atoms with E-state index in [1.807, 2.05) is 30.3 Å². The number of alkyl carbamates (subject to hydrolysis) is 1. The van der Waals surface area contributed by atoms with Crippen molar-refractivity contribution in [2.45, 2.75) is 77.5 Å². The molecule has 0 aliphatic heterocycles. The molecule has 0 aliphatic rings. The quantitative estimate of drug-likeness (QED) is 0.219. The smallest absolute Gasteiger partial charge is 0.408 e. The van der Waals surface area contributed by atoms with E-state index in [4.69, 9.17) is 14.3 Å². The predicted octanol–water partition coefficient (Wildman–Crippen LogP) is 4.26. The Morgan fingerprint density at radius 2 is 1.77 bits per heavy atom. The van der Waals surface area contributed by atoms with Gasteiger partial charge in [0.25, 0.3) is 0 Å². The summed E-state index contributed by atoms with van der Waals surface area (Å²) in [5.41, 5.74) is 3.17. The fourth-order valence-corrected chi connectivity index (χ4v) is 3.12. The molecular formula is C22H38N2O5Si. The molecule has 2 N–H and O–H groups in total. The third-order valence-electron chi connectivity index (χ3n) is 4.03. The van der Waals surface area contributed by atoms with Crippen LogP contribution in [0.1, 0.15) is 39.2 Å². The van der Waals surface area contributed by atoms with Gasteiger partial charge in [-0.3, -0.25) is 0 Å². The number of rotatable bonds is 12. The van der Waals surface area contributed by atoms with E-state index in [0.717, 1.165) is 11.6 Å². The molecule has 170 valence electrons. The van der Waals surface area contributed by atoms with E-state index >= 15 is 0 Å². The molecule has 0 bridgehead atoms. The topological polar surface area (TPSA) is 85.9 Å². The van der Waals surface area contributed by atoms with Crippen LogP contribution in [0.4, 0.5) is 4.79 Å². The Balaban J connectivity index is 2.49. The van der Waals surface area contributed by atoms with E-state index in [1.165, 1.54) is 0 Å². The maximum Gasteiger partial charge on any atom is 0.408 e. The largest absolute Gasteiger partial charge is 0.459 e. The fraction of sp³-hybridized carbons (Fsp3) is 0.636. The highest BCUT2D eigenvalue weighted by Crippen LogP contribution is 2.10. The molecule has 0 aromatic heterocycles. The van der Waals surface area contributed by atoms with Gasteiger partial charge < -0.3 is 19.6 Å².